The molecule has 10 heteroatoms. The molecule has 4 rings (SSSR count). The van der Waals surface area contributed by atoms with Crippen LogP contribution < -0.4 is 4.90 Å². The van der Waals surface area contributed by atoms with E-state index in [1.807, 2.05) is 57.1 Å². The molecule has 1 saturated heterocycles. The van der Waals surface area contributed by atoms with Crippen LogP contribution in [-0.2, 0) is 18.3 Å². The average molecular weight is 574 g/mol. The quantitative estimate of drug-likeness (QED) is 0.299. The maximum Gasteiger partial charge on any atom is 0.410 e. The van der Waals surface area contributed by atoms with E-state index in [1.165, 1.54) is 0 Å². The van der Waals surface area contributed by atoms with Gasteiger partial charge in [0.05, 0.1) is 11.9 Å². The Kier molecular flexibility index (Phi) is 9.07. The fraction of sp³-hybridized carbons (Fsp3) is 0.517. The number of likely N-dealkylation sites (tertiary alicyclic amines) is 1. The molecule has 0 radical (unpaired) electrons. The maximum atomic E-state index is 13.3. The first-order valence-corrected chi connectivity index (χ1v) is 14.3. The molecule has 2 unspecified atom stereocenters. The second-order valence-electron chi connectivity index (χ2n) is 11.2. The number of aryl methyl sites for hydroxylation is 1. The van der Waals surface area contributed by atoms with Crippen LogP contribution >= 0.6 is 23.2 Å². The van der Waals surface area contributed by atoms with Crippen LogP contribution in [-0.4, -0.2) is 54.5 Å². The Labute approximate surface area is 241 Å². The summed E-state index contributed by atoms with van der Waals surface area (Å²) in [7, 11) is 1.88. The van der Waals surface area contributed by atoms with Gasteiger partial charge >= 0.3 is 6.09 Å². The molecular formula is C29H38Cl2N6O2. The SMILES string of the molecule is CCC1CC(N(Cc2cc(Cl)cc(Cl)c2)c2nccc(-c3cnn(C)c3)n2)CC(CC)N1C(=O)OC(C)(C)C. The highest BCUT2D eigenvalue weighted by molar-refractivity contribution is 6.34. The largest absolute Gasteiger partial charge is 0.444 e. The molecule has 39 heavy (non-hydrogen) atoms. The van der Waals surface area contributed by atoms with Crippen molar-refractivity contribution in [3.8, 4) is 11.3 Å². The molecular weight excluding hydrogens is 535 g/mol. The van der Waals surface area contributed by atoms with Crippen molar-refractivity contribution in [2.45, 2.75) is 90.6 Å². The zero-order valence-electron chi connectivity index (χ0n) is 23.6. The minimum atomic E-state index is -0.553. The van der Waals surface area contributed by atoms with Gasteiger partial charge in [-0.15, -0.1) is 0 Å². The third-order valence-electron chi connectivity index (χ3n) is 7.04. The molecule has 3 aromatic rings. The maximum absolute atomic E-state index is 13.3. The van der Waals surface area contributed by atoms with Gasteiger partial charge in [-0.05, 0) is 76.3 Å². The summed E-state index contributed by atoms with van der Waals surface area (Å²) >= 11 is 12.7. The lowest BCUT2D eigenvalue weighted by atomic mass is 9.87. The molecule has 2 aromatic heterocycles. The predicted octanol–water partition coefficient (Wildman–Crippen LogP) is 7.15. The monoisotopic (exact) mass is 572 g/mol. The number of benzene rings is 1. The summed E-state index contributed by atoms with van der Waals surface area (Å²) in [4.78, 5) is 27.2. The summed E-state index contributed by atoms with van der Waals surface area (Å²) in [5.41, 5.74) is 2.14. The van der Waals surface area contributed by atoms with Crippen molar-refractivity contribution in [3.63, 3.8) is 0 Å². The Bertz CT molecular complexity index is 1260. The molecule has 2 atom stereocenters. The van der Waals surface area contributed by atoms with Gasteiger partial charge in [-0.25, -0.2) is 14.8 Å². The van der Waals surface area contributed by atoms with Crippen molar-refractivity contribution >= 4 is 35.2 Å². The summed E-state index contributed by atoms with van der Waals surface area (Å²) in [6.07, 6.45) is 8.44. The van der Waals surface area contributed by atoms with Crippen molar-refractivity contribution < 1.29 is 9.53 Å². The first-order chi connectivity index (χ1) is 18.5. The molecule has 1 aromatic carbocycles. The number of aromatic nitrogens is 4. The summed E-state index contributed by atoms with van der Waals surface area (Å²) in [6, 6.07) is 7.61. The number of rotatable bonds is 7. The highest BCUT2D eigenvalue weighted by atomic mass is 35.5. The molecule has 1 aliphatic heterocycles. The Morgan fingerprint density at radius 2 is 1.74 bits per heavy atom. The van der Waals surface area contributed by atoms with Gasteiger partial charge in [0, 0.05) is 59.7 Å². The van der Waals surface area contributed by atoms with Gasteiger partial charge in [0.2, 0.25) is 5.95 Å². The number of piperidine rings is 1. The summed E-state index contributed by atoms with van der Waals surface area (Å²) in [5.74, 6) is 0.618. The number of anilines is 1. The first kappa shape index (κ1) is 29.2. The van der Waals surface area contributed by atoms with Crippen molar-refractivity contribution in [3.05, 3.63) is 58.5 Å². The number of carbonyl (C=O) groups is 1. The zero-order chi connectivity index (χ0) is 28.3. The van der Waals surface area contributed by atoms with E-state index in [1.54, 1.807) is 23.1 Å². The standard InChI is InChI=1S/C29H38Cl2N6O2/c1-7-23-14-25(15-24(8-2)37(23)28(38)39-29(3,4)5)36(17-19-11-21(30)13-22(31)12-19)27-32-10-9-26(34-27)20-16-33-35(6)18-20/h9-13,16,18,23-25H,7-8,14-15,17H2,1-6H3. The van der Waals surface area contributed by atoms with Crippen LogP contribution in [0.1, 0.15) is 65.9 Å². The van der Waals surface area contributed by atoms with E-state index in [0.29, 0.717) is 22.5 Å². The molecule has 0 spiro atoms. The third-order valence-corrected chi connectivity index (χ3v) is 7.47. The predicted molar refractivity (Wildman–Crippen MR) is 156 cm³/mol. The van der Waals surface area contributed by atoms with Crippen LogP contribution in [0.15, 0.2) is 42.9 Å². The molecule has 8 nitrogen and oxygen atoms in total. The van der Waals surface area contributed by atoms with E-state index in [0.717, 1.165) is 42.5 Å². The highest BCUT2D eigenvalue weighted by Gasteiger charge is 2.41. The minimum Gasteiger partial charge on any atom is -0.444 e. The molecule has 1 aliphatic rings. The summed E-state index contributed by atoms with van der Waals surface area (Å²) in [6.45, 7) is 10.5. The van der Waals surface area contributed by atoms with Crippen LogP contribution in [0.3, 0.4) is 0 Å². The zero-order valence-corrected chi connectivity index (χ0v) is 25.1. The van der Waals surface area contributed by atoms with Crippen LogP contribution in [0.5, 0.6) is 0 Å². The number of ether oxygens (including phenoxy) is 1. The van der Waals surface area contributed by atoms with E-state index in [2.05, 4.69) is 23.8 Å². The average Bonchev–Trinajstić information content (AvgIpc) is 3.31. The van der Waals surface area contributed by atoms with Crippen molar-refractivity contribution in [1.29, 1.82) is 0 Å². The van der Waals surface area contributed by atoms with Crippen LogP contribution in [0.25, 0.3) is 11.3 Å². The summed E-state index contributed by atoms with van der Waals surface area (Å²) < 4.78 is 7.58. The van der Waals surface area contributed by atoms with Crippen molar-refractivity contribution in [2.75, 3.05) is 4.90 Å². The topological polar surface area (TPSA) is 76.4 Å². The number of carbonyl (C=O) groups excluding carboxylic acids is 1. The van der Waals surface area contributed by atoms with Gasteiger partial charge in [0.15, 0.2) is 0 Å². The number of hydrogen-bond donors (Lipinski definition) is 0. The Morgan fingerprint density at radius 1 is 1.10 bits per heavy atom. The van der Waals surface area contributed by atoms with Gasteiger partial charge in [-0.3, -0.25) is 4.68 Å². The van der Waals surface area contributed by atoms with E-state index in [-0.39, 0.29) is 24.2 Å². The van der Waals surface area contributed by atoms with Crippen LogP contribution in [0, 0.1) is 0 Å². The van der Waals surface area contributed by atoms with Gasteiger partial charge in [-0.1, -0.05) is 37.0 Å². The van der Waals surface area contributed by atoms with E-state index >= 15 is 0 Å². The normalized spacial score (nSPS) is 19.7. The van der Waals surface area contributed by atoms with E-state index < -0.39 is 5.60 Å². The molecule has 210 valence electrons. The van der Waals surface area contributed by atoms with Crippen molar-refractivity contribution in [2.24, 2.45) is 7.05 Å². The van der Waals surface area contributed by atoms with Gasteiger partial charge in [0.1, 0.15) is 5.60 Å². The molecule has 1 amide bonds. The molecule has 3 heterocycles. The lowest BCUT2D eigenvalue weighted by Crippen LogP contribution is -2.57. The highest BCUT2D eigenvalue weighted by Crippen LogP contribution is 2.35. The second-order valence-corrected chi connectivity index (χ2v) is 12.1. The summed E-state index contributed by atoms with van der Waals surface area (Å²) in [5, 5.41) is 5.47. The Morgan fingerprint density at radius 3 is 2.28 bits per heavy atom. The smallest absolute Gasteiger partial charge is 0.410 e. The van der Waals surface area contributed by atoms with Crippen LogP contribution in [0.2, 0.25) is 10.0 Å². The molecule has 0 N–H and O–H groups in total. The van der Waals surface area contributed by atoms with E-state index in [4.69, 9.17) is 37.9 Å². The fourth-order valence-corrected chi connectivity index (χ4v) is 5.88. The molecule has 0 saturated carbocycles. The number of amides is 1. The minimum absolute atomic E-state index is 0.0236. The van der Waals surface area contributed by atoms with Gasteiger partial charge in [-0.2, -0.15) is 5.10 Å². The number of hydrogen-bond acceptors (Lipinski definition) is 6. The van der Waals surface area contributed by atoms with Crippen LogP contribution in [0.4, 0.5) is 10.7 Å². The molecule has 0 bridgehead atoms. The Balaban J connectivity index is 1.71. The van der Waals surface area contributed by atoms with Gasteiger partial charge in [0.25, 0.3) is 0 Å². The number of nitrogens with zero attached hydrogens (tertiary/aromatic N) is 6. The number of halogens is 2. The van der Waals surface area contributed by atoms with Crippen molar-refractivity contribution in [1.82, 2.24) is 24.6 Å². The molecule has 1 fully saturated rings. The third kappa shape index (κ3) is 7.22. The first-order valence-electron chi connectivity index (χ1n) is 13.5. The van der Waals surface area contributed by atoms with E-state index in [9.17, 15) is 4.79 Å². The lowest BCUT2D eigenvalue weighted by Gasteiger charge is -2.48. The lowest BCUT2D eigenvalue weighted by molar-refractivity contribution is -0.00966. The second kappa shape index (κ2) is 12.1. The molecule has 0 aliphatic carbocycles. The Hall–Kier alpha value is -2.84. The fourth-order valence-electron chi connectivity index (χ4n) is 5.31. The van der Waals surface area contributed by atoms with Gasteiger partial charge < -0.3 is 14.5 Å².